The second-order valence-electron chi connectivity index (χ2n) is 4.91. The molecular formula is C13H22N2O3. The molecule has 1 amide bonds. The van der Waals surface area contributed by atoms with Gasteiger partial charge in [0, 0.05) is 13.7 Å². The number of hydrogen-bond donors (Lipinski definition) is 2. The standard InChI is InChI=1S/C13H22N2O3/c1-18-9-11(16)5-8-15-12(17)13(10-14)6-3-2-4-7-13/h11,16H,2-9H2,1H3,(H,15,17). The molecule has 5 nitrogen and oxygen atoms in total. The van der Waals surface area contributed by atoms with E-state index in [0.717, 1.165) is 19.3 Å². The first-order chi connectivity index (χ1) is 8.64. The molecular weight excluding hydrogens is 232 g/mol. The van der Waals surface area contributed by atoms with E-state index in [1.165, 1.54) is 7.11 Å². The summed E-state index contributed by atoms with van der Waals surface area (Å²) in [5.41, 5.74) is -0.843. The third kappa shape index (κ3) is 3.97. The summed E-state index contributed by atoms with van der Waals surface area (Å²) in [4.78, 5) is 12.0. The lowest BCUT2D eigenvalue weighted by Crippen LogP contribution is -2.42. The Balaban J connectivity index is 2.37. The highest BCUT2D eigenvalue weighted by atomic mass is 16.5. The molecule has 0 aromatic heterocycles. The Hall–Kier alpha value is -1.12. The van der Waals surface area contributed by atoms with Crippen LogP contribution in [0, 0.1) is 16.7 Å². The van der Waals surface area contributed by atoms with E-state index in [4.69, 9.17) is 4.74 Å². The predicted octanol–water partition coefficient (Wildman–Crippen LogP) is 0.974. The van der Waals surface area contributed by atoms with E-state index in [0.29, 0.717) is 25.8 Å². The van der Waals surface area contributed by atoms with Crippen molar-refractivity contribution in [3.63, 3.8) is 0 Å². The maximum atomic E-state index is 12.0. The quantitative estimate of drug-likeness (QED) is 0.740. The lowest BCUT2D eigenvalue weighted by atomic mass is 9.74. The molecule has 0 aliphatic heterocycles. The van der Waals surface area contributed by atoms with E-state index in [9.17, 15) is 15.2 Å². The van der Waals surface area contributed by atoms with Crippen molar-refractivity contribution in [3.05, 3.63) is 0 Å². The second-order valence-corrected chi connectivity index (χ2v) is 4.91. The van der Waals surface area contributed by atoms with Crippen molar-refractivity contribution < 1.29 is 14.6 Å². The van der Waals surface area contributed by atoms with Gasteiger partial charge in [0.25, 0.3) is 0 Å². The Morgan fingerprint density at radius 2 is 2.17 bits per heavy atom. The minimum atomic E-state index is -0.843. The zero-order valence-corrected chi connectivity index (χ0v) is 10.9. The Labute approximate surface area is 108 Å². The van der Waals surface area contributed by atoms with E-state index in [-0.39, 0.29) is 12.5 Å². The second kappa shape index (κ2) is 7.34. The van der Waals surface area contributed by atoms with Gasteiger partial charge in [-0.15, -0.1) is 0 Å². The number of aliphatic hydroxyl groups is 1. The van der Waals surface area contributed by atoms with Gasteiger partial charge in [-0.05, 0) is 19.3 Å². The van der Waals surface area contributed by atoms with Crippen LogP contribution in [0.15, 0.2) is 0 Å². The van der Waals surface area contributed by atoms with Gasteiger partial charge in [0.05, 0.1) is 18.8 Å². The molecule has 0 bridgehead atoms. The minimum absolute atomic E-state index is 0.186. The van der Waals surface area contributed by atoms with Crippen molar-refractivity contribution in [3.8, 4) is 6.07 Å². The van der Waals surface area contributed by atoms with Crippen molar-refractivity contribution in [1.29, 1.82) is 5.26 Å². The van der Waals surface area contributed by atoms with Crippen LogP contribution in [0.5, 0.6) is 0 Å². The predicted molar refractivity (Wildman–Crippen MR) is 66.6 cm³/mol. The number of nitrogens with one attached hydrogen (secondary N) is 1. The zero-order valence-electron chi connectivity index (χ0n) is 10.9. The highest BCUT2D eigenvalue weighted by Crippen LogP contribution is 2.35. The van der Waals surface area contributed by atoms with Gasteiger partial charge in [-0.2, -0.15) is 5.26 Å². The summed E-state index contributed by atoms with van der Waals surface area (Å²) in [7, 11) is 1.52. The fourth-order valence-electron chi connectivity index (χ4n) is 2.34. The number of ether oxygens (including phenoxy) is 1. The fraction of sp³-hybridized carbons (Fsp3) is 0.846. The van der Waals surface area contributed by atoms with E-state index in [1.54, 1.807) is 0 Å². The summed E-state index contributed by atoms with van der Waals surface area (Å²) >= 11 is 0. The van der Waals surface area contributed by atoms with Crippen LogP contribution in [0.1, 0.15) is 38.5 Å². The summed E-state index contributed by atoms with van der Waals surface area (Å²) in [6.07, 6.45) is 4.15. The first-order valence-electron chi connectivity index (χ1n) is 6.51. The maximum absolute atomic E-state index is 12.0. The minimum Gasteiger partial charge on any atom is -0.391 e. The van der Waals surface area contributed by atoms with Gasteiger partial charge in [-0.25, -0.2) is 0 Å². The molecule has 1 unspecified atom stereocenters. The number of nitriles is 1. The number of rotatable bonds is 6. The van der Waals surface area contributed by atoms with Crippen molar-refractivity contribution in [1.82, 2.24) is 5.32 Å². The molecule has 1 rings (SSSR count). The summed E-state index contributed by atoms with van der Waals surface area (Å²) in [5.74, 6) is -0.186. The number of hydrogen-bond acceptors (Lipinski definition) is 4. The normalized spacial score (nSPS) is 19.8. The average molecular weight is 254 g/mol. The van der Waals surface area contributed by atoms with Crippen LogP contribution < -0.4 is 5.32 Å². The highest BCUT2D eigenvalue weighted by molar-refractivity contribution is 5.85. The fourth-order valence-corrected chi connectivity index (χ4v) is 2.34. The summed E-state index contributed by atoms with van der Waals surface area (Å²) in [5, 5.41) is 21.4. The van der Waals surface area contributed by atoms with Crippen molar-refractivity contribution in [2.24, 2.45) is 5.41 Å². The van der Waals surface area contributed by atoms with Crippen molar-refractivity contribution >= 4 is 5.91 Å². The van der Waals surface area contributed by atoms with Crippen LogP contribution in [-0.4, -0.2) is 37.4 Å². The molecule has 2 N–H and O–H groups in total. The van der Waals surface area contributed by atoms with Crippen LogP contribution in [0.2, 0.25) is 0 Å². The van der Waals surface area contributed by atoms with Gasteiger partial charge in [-0.3, -0.25) is 4.79 Å². The van der Waals surface area contributed by atoms with Crippen LogP contribution in [0.3, 0.4) is 0 Å². The van der Waals surface area contributed by atoms with Crippen LogP contribution in [-0.2, 0) is 9.53 Å². The third-order valence-electron chi connectivity index (χ3n) is 3.48. The van der Waals surface area contributed by atoms with E-state index in [2.05, 4.69) is 11.4 Å². The van der Waals surface area contributed by atoms with Gasteiger partial charge < -0.3 is 15.2 Å². The Kier molecular flexibility index (Phi) is 6.10. The molecule has 1 saturated carbocycles. The third-order valence-corrected chi connectivity index (χ3v) is 3.48. The van der Waals surface area contributed by atoms with Gasteiger partial charge in [0.1, 0.15) is 5.41 Å². The Morgan fingerprint density at radius 3 is 2.72 bits per heavy atom. The molecule has 1 aliphatic carbocycles. The molecule has 102 valence electrons. The summed E-state index contributed by atoms with van der Waals surface area (Å²) < 4.78 is 4.80. The smallest absolute Gasteiger partial charge is 0.240 e. The van der Waals surface area contributed by atoms with E-state index >= 15 is 0 Å². The lowest BCUT2D eigenvalue weighted by Gasteiger charge is -2.29. The zero-order chi connectivity index (χ0) is 13.4. The highest BCUT2D eigenvalue weighted by Gasteiger charge is 2.39. The summed E-state index contributed by atoms with van der Waals surface area (Å²) in [6, 6.07) is 2.18. The number of carbonyl (C=O) groups excluding carboxylic acids is 1. The number of carbonyl (C=O) groups is 1. The average Bonchev–Trinajstić information content (AvgIpc) is 2.39. The molecule has 0 radical (unpaired) electrons. The molecule has 1 atom stereocenters. The molecule has 0 heterocycles. The van der Waals surface area contributed by atoms with Gasteiger partial charge in [0.15, 0.2) is 0 Å². The SMILES string of the molecule is COCC(O)CCNC(=O)C1(C#N)CCCCC1. The lowest BCUT2D eigenvalue weighted by molar-refractivity contribution is -0.129. The number of nitrogens with zero attached hydrogens (tertiary/aromatic N) is 1. The molecule has 0 spiro atoms. The molecule has 18 heavy (non-hydrogen) atoms. The van der Waals surface area contributed by atoms with E-state index < -0.39 is 11.5 Å². The Bertz CT molecular complexity index is 306. The topological polar surface area (TPSA) is 82.3 Å². The Morgan fingerprint density at radius 1 is 1.50 bits per heavy atom. The molecule has 0 saturated heterocycles. The van der Waals surface area contributed by atoms with Crippen molar-refractivity contribution in [2.75, 3.05) is 20.3 Å². The number of aliphatic hydroxyl groups excluding tert-OH is 1. The number of amides is 1. The molecule has 0 aromatic carbocycles. The van der Waals surface area contributed by atoms with Gasteiger partial charge >= 0.3 is 0 Å². The van der Waals surface area contributed by atoms with Crippen LogP contribution in [0.25, 0.3) is 0 Å². The van der Waals surface area contributed by atoms with Gasteiger partial charge in [0.2, 0.25) is 5.91 Å². The molecule has 1 aliphatic rings. The molecule has 5 heteroatoms. The molecule has 0 aromatic rings. The van der Waals surface area contributed by atoms with Crippen molar-refractivity contribution in [2.45, 2.75) is 44.6 Å². The monoisotopic (exact) mass is 254 g/mol. The van der Waals surface area contributed by atoms with Gasteiger partial charge in [-0.1, -0.05) is 19.3 Å². The van der Waals surface area contributed by atoms with Crippen LogP contribution >= 0.6 is 0 Å². The van der Waals surface area contributed by atoms with Crippen LogP contribution in [0.4, 0.5) is 0 Å². The first kappa shape index (κ1) is 14.9. The summed E-state index contributed by atoms with van der Waals surface area (Å²) in [6.45, 7) is 0.645. The molecule has 1 fully saturated rings. The number of methoxy groups -OCH3 is 1. The largest absolute Gasteiger partial charge is 0.391 e. The van der Waals surface area contributed by atoms with E-state index in [1.807, 2.05) is 0 Å². The maximum Gasteiger partial charge on any atom is 0.240 e. The first-order valence-corrected chi connectivity index (χ1v) is 6.51.